The second-order valence-corrected chi connectivity index (χ2v) is 7.42. The monoisotopic (exact) mass is 254 g/mol. The van der Waals surface area contributed by atoms with Crippen molar-refractivity contribution in [3.8, 4) is 10.8 Å². The van der Waals surface area contributed by atoms with Gasteiger partial charge in [0.05, 0.1) is 0 Å². The molecule has 0 amide bonds. The van der Waals surface area contributed by atoms with E-state index in [0.29, 0.717) is 21.8 Å². The quantitative estimate of drug-likeness (QED) is 0.699. The summed E-state index contributed by atoms with van der Waals surface area (Å²) in [4.78, 5) is 0. The highest BCUT2D eigenvalue weighted by Crippen LogP contribution is 2.44. The van der Waals surface area contributed by atoms with E-state index in [9.17, 15) is 0 Å². The van der Waals surface area contributed by atoms with Crippen molar-refractivity contribution in [1.82, 2.24) is 0 Å². The minimum absolute atomic E-state index is 0.316. The van der Waals surface area contributed by atoms with Gasteiger partial charge in [0, 0.05) is 10.5 Å². The molecule has 1 aliphatic rings. The Bertz CT molecular complexity index is 308. The highest BCUT2D eigenvalue weighted by molar-refractivity contribution is 8.08. The van der Waals surface area contributed by atoms with E-state index in [1.165, 1.54) is 29.9 Å². The Morgan fingerprint density at radius 3 is 2.06 bits per heavy atom. The standard InChI is InChI=1S/C12H18N2S2/c1-12(2,3)9-4-5-10(15-7-13)11(6-9)16-8-14/h9-11H,4-6H2,1-3H3/t9-,10+,11+/m1/s1. The van der Waals surface area contributed by atoms with Crippen LogP contribution in [0.5, 0.6) is 0 Å². The van der Waals surface area contributed by atoms with Gasteiger partial charge in [0.25, 0.3) is 0 Å². The maximum atomic E-state index is 8.81. The number of thiocyanates is 2. The first-order chi connectivity index (χ1) is 7.49. The molecule has 2 nitrogen and oxygen atoms in total. The zero-order valence-electron chi connectivity index (χ0n) is 10.1. The molecule has 1 rings (SSSR count). The molecule has 0 radical (unpaired) electrons. The van der Waals surface area contributed by atoms with Crippen LogP contribution in [0.1, 0.15) is 40.0 Å². The fourth-order valence-electron chi connectivity index (χ4n) is 2.28. The topological polar surface area (TPSA) is 47.6 Å². The number of rotatable bonds is 2. The summed E-state index contributed by atoms with van der Waals surface area (Å²) in [5, 5.41) is 22.6. The van der Waals surface area contributed by atoms with Crippen LogP contribution in [0.25, 0.3) is 0 Å². The lowest BCUT2D eigenvalue weighted by Gasteiger charge is -2.39. The molecule has 1 fully saturated rings. The van der Waals surface area contributed by atoms with Gasteiger partial charge in [-0.05, 0) is 54.1 Å². The predicted molar refractivity (Wildman–Crippen MR) is 70.8 cm³/mol. The van der Waals surface area contributed by atoms with Crippen molar-refractivity contribution in [3.05, 3.63) is 0 Å². The fraction of sp³-hybridized carbons (Fsp3) is 0.833. The molecule has 3 atom stereocenters. The van der Waals surface area contributed by atoms with E-state index >= 15 is 0 Å². The van der Waals surface area contributed by atoms with E-state index in [1.54, 1.807) is 0 Å². The van der Waals surface area contributed by atoms with Crippen molar-refractivity contribution in [2.24, 2.45) is 11.3 Å². The maximum absolute atomic E-state index is 8.81. The minimum atomic E-state index is 0.316. The summed E-state index contributed by atoms with van der Waals surface area (Å²) in [5.41, 5.74) is 0.316. The Hall–Kier alpha value is -0.320. The lowest BCUT2D eigenvalue weighted by Crippen LogP contribution is -2.34. The van der Waals surface area contributed by atoms with Gasteiger partial charge in [0.15, 0.2) is 0 Å². The molecule has 0 spiro atoms. The highest BCUT2D eigenvalue weighted by Gasteiger charge is 2.36. The summed E-state index contributed by atoms with van der Waals surface area (Å²) < 4.78 is 0. The third kappa shape index (κ3) is 3.61. The molecule has 0 aromatic heterocycles. The molecule has 0 saturated heterocycles. The first-order valence-electron chi connectivity index (χ1n) is 5.58. The van der Waals surface area contributed by atoms with Crippen molar-refractivity contribution in [2.45, 2.75) is 50.5 Å². The van der Waals surface area contributed by atoms with Crippen LogP contribution in [0.15, 0.2) is 0 Å². The van der Waals surface area contributed by atoms with Crippen molar-refractivity contribution in [2.75, 3.05) is 0 Å². The van der Waals surface area contributed by atoms with E-state index < -0.39 is 0 Å². The Morgan fingerprint density at radius 1 is 1.00 bits per heavy atom. The van der Waals surface area contributed by atoms with E-state index in [-0.39, 0.29) is 0 Å². The van der Waals surface area contributed by atoms with Gasteiger partial charge in [0.1, 0.15) is 10.8 Å². The summed E-state index contributed by atoms with van der Waals surface area (Å²) in [6.45, 7) is 6.80. The Kier molecular flexibility index (Phi) is 5.02. The lowest BCUT2D eigenvalue weighted by atomic mass is 9.72. The summed E-state index contributed by atoms with van der Waals surface area (Å²) in [5.74, 6) is 0.675. The lowest BCUT2D eigenvalue weighted by molar-refractivity contribution is 0.186. The van der Waals surface area contributed by atoms with Crippen LogP contribution in [0.3, 0.4) is 0 Å². The van der Waals surface area contributed by atoms with Gasteiger partial charge in [-0.1, -0.05) is 20.8 Å². The van der Waals surface area contributed by atoms with E-state index in [4.69, 9.17) is 10.5 Å². The van der Waals surface area contributed by atoms with Gasteiger partial charge < -0.3 is 0 Å². The van der Waals surface area contributed by atoms with E-state index in [0.717, 1.165) is 12.8 Å². The van der Waals surface area contributed by atoms with Crippen molar-refractivity contribution >= 4 is 23.5 Å². The summed E-state index contributed by atoms with van der Waals surface area (Å²) in [6, 6.07) is 0. The molecule has 0 aromatic rings. The van der Waals surface area contributed by atoms with Crippen molar-refractivity contribution in [1.29, 1.82) is 10.5 Å². The third-order valence-corrected chi connectivity index (χ3v) is 5.44. The normalized spacial score (nSPS) is 30.4. The summed E-state index contributed by atoms with van der Waals surface area (Å²) in [7, 11) is 0. The average Bonchev–Trinajstić information content (AvgIpc) is 2.19. The van der Waals surface area contributed by atoms with Crippen LogP contribution in [0, 0.1) is 32.7 Å². The van der Waals surface area contributed by atoms with Crippen LogP contribution in [-0.4, -0.2) is 10.5 Å². The van der Waals surface area contributed by atoms with Gasteiger partial charge in [-0.15, -0.1) is 0 Å². The van der Waals surface area contributed by atoms with E-state index in [1.807, 2.05) is 0 Å². The molecule has 1 aliphatic carbocycles. The maximum Gasteiger partial charge on any atom is 0.133 e. The summed E-state index contributed by atoms with van der Waals surface area (Å²) in [6.07, 6.45) is 3.33. The molecule has 0 aromatic carbocycles. The zero-order valence-corrected chi connectivity index (χ0v) is 11.7. The molecule has 0 aliphatic heterocycles. The third-order valence-electron chi connectivity index (χ3n) is 3.36. The molecule has 0 N–H and O–H groups in total. The van der Waals surface area contributed by atoms with Crippen LogP contribution < -0.4 is 0 Å². The first-order valence-corrected chi connectivity index (χ1v) is 7.34. The van der Waals surface area contributed by atoms with Gasteiger partial charge in [-0.25, -0.2) is 0 Å². The fourth-order valence-corrected chi connectivity index (χ4v) is 4.02. The smallest absolute Gasteiger partial charge is 0.133 e. The summed E-state index contributed by atoms with van der Waals surface area (Å²) >= 11 is 2.70. The Labute approximate surface area is 107 Å². The second-order valence-electron chi connectivity index (χ2n) is 5.37. The van der Waals surface area contributed by atoms with Gasteiger partial charge in [0.2, 0.25) is 0 Å². The highest BCUT2D eigenvalue weighted by atomic mass is 32.2. The van der Waals surface area contributed by atoms with Crippen molar-refractivity contribution in [3.63, 3.8) is 0 Å². The molecule has 16 heavy (non-hydrogen) atoms. The number of hydrogen-bond donors (Lipinski definition) is 0. The zero-order chi connectivity index (χ0) is 12.2. The number of nitrogens with zero attached hydrogens (tertiary/aromatic N) is 2. The van der Waals surface area contributed by atoms with Gasteiger partial charge in [-0.3, -0.25) is 0 Å². The second kappa shape index (κ2) is 5.84. The van der Waals surface area contributed by atoms with Crippen molar-refractivity contribution < 1.29 is 0 Å². The molecule has 1 saturated carbocycles. The molecule has 88 valence electrons. The molecule has 0 unspecified atom stereocenters. The first kappa shape index (κ1) is 13.7. The largest absolute Gasteiger partial charge is 0.185 e. The van der Waals surface area contributed by atoms with Crippen LogP contribution in [0.4, 0.5) is 0 Å². The van der Waals surface area contributed by atoms with Crippen LogP contribution in [-0.2, 0) is 0 Å². The molecular formula is C12H18N2S2. The minimum Gasteiger partial charge on any atom is -0.185 e. The number of thioether (sulfide) groups is 2. The SMILES string of the molecule is CC(C)(C)[C@@H]1CC[C@H](SC#N)[C@@H](SC#N)C1. The van der Waals surface area contributed by atoms with Gasteiger partial charge in [-0.2, -0.15) is 10.5 Å². The Balaban J connectivity index is 2.66. The Morgan fingerprint density at radius 2 is 1.56 bits per heavy atom. The predicted octanol–water partition coefficient (Wildman–Crippen LogP) is 4.00. The van der Waals surface area contributed by atoms with Crippen LogP contribution in [0.2, 0.25) is 0 Å². The van der Waals surface area contributed by atoms with E-state index in [2.05, 4.69) is 31.6 Å². The average molecular weight is 254 g/mol. The number of hydrogen-bond acceptors (Lipinski definition) is 4. The molecule has 4 heteroatoms. The molecule has 0 bridgehead atoms. The van der Waals surface area contributed by atoms with Crippen LogP contribution >= 0.6 is 23.5 Å². The number of nitriles is 2. The molecular weight excluding hydrogens is 236 g/mol. The van der Waals surface area contributed by atoms with Gasteiger partial charge >= 0.3 is 0 Å². The molecule has 0 heterocycles.